The summed E-state index contributed by atoms with van der Waals surface area (Å²) in [6.45, 7) is 10.2. The number of hydrogen-bond acceptors (Lipinski definition) is 4. The van der Waals surface area contributed by atoms with Gasteiger partial charge in [0.2, 0.25) is 5.78 Å². The summed E-state index contributed by atoms with van der Waals surface area (Å²) in [5, 5.41) is 0. The molecule has 152 valence electrons. The quantitative estimate of drug-likeness (QED) is 0.707. The molecule has 2 heterocycles. The van der Waals surface area contributed by atoms with Crippen molar-refractivity contribution < 1.29 is 17.9 Å². The number of Topliss-reactive ketones (excluding diaryl/α,β-unsaturated/α-hetero) is 1. The van der Waals surface area contributed by atoms with Crippen molar-refractivity contribution in [2.75, 3.05) is 18.1 Å². The second-order valence-electron chi connectivity index (χ2n) is 8.70. The summed E-state index contributed by atoms with van der Waals surface area (Å²) in [5.74, 6) is 0.927. The maximum absolute atomic E-state index is 12.7. The highest BCUT2D eigenvalue weighted by Crippen LogP contribution is 2.29. The average molecular weight is 404 g/mol. The van der Waals surface area contributed by atoms with E-state index in [1.807, 2.05) is 48.7 Å². The average Bonchev–Trinajstić information content (AvgIpc) is 3.10. The first-order chi connectivity index (χ1) is 13.0. The summed E-state index contributed by atoms with van der Waals surface area (Å²) in [4.78, 5) is 12.7. The van der Waals surface area contributed by atoms with Gasteiger partial charge in [0.25, 0.3) is 0 Å². The van der Waals surface area contributed by atoms with Crippen molar-refractivity contribution in [1.82, 2.24) is 4.57 Å². The van der Waals surface area contributed by atoms with Crippen molar-refractivity contribution in [1.29, 1.82) is 0 Å². The highest BCUT2D eigenvalue weighted by molar-refractivity contribution is 7.91. The number of carbonyl (C=O) groups is 1. The zero-order valence-electron chi connectivity index (χ0n) is 17.3. The van der Waals surface area contributed by atoms with Crippen molar-refractivity contribution in [3.8, 4) is 5.75 Å². The van der Waals surface area contributed by atoms with E-state index in [9.17, 15) is 13.2 Å². The van der Waals surface area contributed by atoms with E-state index in [0.717, 1.165) is 11.4 Å². The van der Waals surface area contributed by atoms with Crippen molar-refractivity contribution in [3.05, 3.63) is 52.8 Å². The minimum Gasteiger partial charge on any atom is -0.485 e. The van der Waals surface area contributed by atoms with Crippen LogP contribution in [-0.2, 0) is 15.3 Å². The fraction of sp³-hybridized carbons (Fsp3) is 0.500. The summed E-state index contributed by atoms with van der Waals surface area (Å²) in [7, 11) is -2.98. The highest BCUT2D eigenvalue weighted by Gasteiger charge is 2.31. The van der Waals surface area contributed by atoms with Gasteiger partial charge >= 0.3 is 0 Å². The van der Waals surface area contributed by atoms with Crippen LogP contribution in [-0.4, -0.2) is 36.9 Å². The SMILES string of the molecule is Cc1cc(C(=O)COc2ccc(C(C)(C)C)cc2)c(C)n1[C@@H]1CCS(=O)(=O)C1. The standard InChI is InChI=1S/C22H29NO4S/c1-15-12-20(16(2)23(15)18-10-11-28(25,26)14-18)21(24)13-27-19-8-6-17(7-9-19)22(3,4)5/h6-9,12,18H,10-11,13-14H2,1-5H3/t18-/m1/s1. The number of sulfone groups is 1. The van der Waals surface area contributed by atoms with Crippen LogP contribution in [0.25, 0.3) is 0 Å². The number of rotatable bonds is 5. The molecule has 3 rings (SSSR count). The second kappa shape index (κ2) is 7.39. The molecule has 0 amide bonds. The lowest BCUT2D eigenvalue weighted by Crippen LogP contribution is -2.16. The molecule has 1 fully saturated rings. The Hall–Kier alpha value is -2.08. The number of aromatic nitrogens is 1. The van der Waals surface area contributed by atoms with Crippen LogP contribution in [0.5, 0.6) is 5.75 Å². The summed E-state index contributed by atoms with van der Waals surface area (Å²) in [6.07, 6.45) is 0.600. The lowest BCUT2D eigenvalue weighted by Gasteiger charge is -2.19. The van der Waals surface area contributed by atoms with Crippen LogP contribution in [0.1, 0.15) is 60.5 Å². The molecule has 5 nitrogen and oxygen atoms in total. The third kappa shape index (κ3) is 4.32. The first-order valence-electron chi connectivity index (χ1n) is 9.63. The van der Waals surface area contributed by atoms with Gasteiger partial charge in [-0.05, 0) is 49.4 Å². The molecule has 0 bridgehead atoms. The summed E-state index contributed by atoms with van der Waals surface area (Å²) >= 11 is 0. The van der Waals surface area contributed by atoms with Gasteiger partial charge in [-0.25, -0.2) is 8.42 Å². The van der Waals surface area contributed by atoms with Gasteiger partial charge < -0.3 is 9.30 Å². The number of aryl methyl sites for hydroxylation is 1. The number of hydrogen-bond donors (Lipinski definition) is 0. The van der Waals surface area contributed by atoms with E-state index in [1.165, 1.54) is 5.56 Å². The van der Waals surface area contributed by atoms with Crippen LogP contribution in [0.4, 0.5) is 0 Å². The Morgan fingerprint density at radius 3 is 2.36 bits per heavy atom. The molecule has 1 atom stereocenters. The number of benzene rings is 1. The number of ketones is 1. The van der Waals surface area contributed by atoms with E-state index in [2.05, 4.69) is 20.8 Å². The Bertz CT molecular complexity index is 979. The molecule has 1 aliphatic rings. The minimum atomic E-state index is -2.98. The summed E-state index contributed by atoms with van der Waals surface area (Å²) in [5.41, 5.74) is 3.61. The molecule has 0 N–H and O–H groups in total. The van der Waals surface area contributed by atoms with Gasteiger partial charge in [-0.15, -0.1) is 0 Å². The van der Waals surface area contributed by atoms with Crippen molar-refractivity contribution in [3.63, 3.8) is 0 Å². The monoisotopic (exact) mass is 403 g/mol. The smallest absolute Gasteiger partial charge is 0.202 e. The van der Waals surface area contributed by atoms with Crippen molar-refractivity contribution >= 4 is 15.6 Å². The van der Waals surface area contributed by atoms with Crippen LogP contribution < -0.4 is 4.74 Å². The molecule has 0 radical (unpaired) electrons. The fourth-order valence-electron chi connectivity index (χ4n) is 3.88. The van der Waals surface area contributed by atoms with Gasteiger partial charge in [-0.1, -0.05) is 32.9 Å². The predicted octanol–water partition coefficient (Wildman–Crippen LogP) is 4.02. The Morgan fingerprint density at radius 1 is 1.18 bits per heavy atom. The van der Waals surface area contributed by atoms with E-state index in [4.69, 9.17) is 4.74 Å². The van der Waals surface area contributed by atoms with E-state index in [1.54, 1.807) is 0 Å². The molecule has 0 aliphatic carbocycles. The third-order valence-corrected chi connectivity index (χ3v) is 7.20. The van der Waals surface area contributed by atoms with Crippen LogP contribution in [0.2, 0.25) is 0 Å². The van der Waals surface area contributed by atoms with Gasteiger partial charge in [0.1, 0.15) is 5.75 Å². The summed E-state index contributed by atoms with van der Waals surface area (Å²) in [6, 6.07) is 9.58. The maximum Gasteiger partial charge on any atom is 0.202 e. The topological polar surface area (TPSA) is 65.4 Å². The predicted molar refractivity (Wildman–Crippen MR) is 111 cm³/mol. The van der Waals surface area contributed by atoms with Crippen LogP contribution >= 0.6 is 0 Å². The van der Waals surface area contributed by atoms with Crippen LogP contribution in [0.3, 0.4) is 0 Å². The first kappa shape index (κ1) is 20.6. The highest BCUT2D eigenvalue weighted by atomic mass is 32.2. The van der Waals surface area contributed by atoms with Crippen molar-refractivity contribution in [2.24, 2.45) is 0 Å². The van der Waals surface area contributed by atoms with Gasteiger partial charge in [0, 0.05) is 23.0 Å². The minimum absolute atomic E-state index is 0.0396. The van der Waals surface area contributed by atoms with Crippen molar-refractivity contribution in [2.45, 2.75) is 52.5 Å². The molecular formula is C22H29NO4S. The molecule has 1 aromatic heterocycles. The van der Waals surface area contributed by atoms with E-state index in [0.29, 0.717) is 17.7 Å². The number of carbonyl (C=O) groups excluding carboxylic acids is 1. The molecule has 2 aromatic rings. The van der Waals surface area contributed by atoms with Crippen LogP contribution in [0, 0.1) is 13.8 Å². The molecule has 1 aromatic carbocycles. The zero-order valence-corrected chi connectivity index (χ0v) is 18.1. The van der Waals surface area contributed by atoms with Gasteiger partial charge in [0.15, 0.2) is 16.4 Å². The second-order valence-corrected chi connectivity index (χ2v) is 10.9. The number of nitrogens with zero attached hydrogens (tertiary/aromatic N) is 1. The Kier molecular flexibility index (Phi) is 5.45. The van der Waals surface area contributed by atoms with Gasteiger partial charge in [-0.3, -0.25) is 4.79 Å². The summed E-state index contributed by atoms with van der Waals surface area (Å²) < 4.78 is 31.3. The molecule has 1 saturated heterocycles. The lowest BCUT2D eigenvalue weighted by molar-refractivity contribution is 0.0920. The number of ether oxygens (including phenoxy) is 1. The molecule has 6 heteroatoms. The molecule has 1 aliphatic heterocycles. The normalized spacial score (nSPS) is 19.0. The van der Waals surface area contributed by atoms with Gasteiger partial charge in [-0.2, -0.15) is 0 Å². The van der Waals surface area contributed by atoms with E-state index >= 15 is 0 Å². The molecule has 0 unspecified atom stereocenters. The fourth-order valence-corrected chi connectivity index (χ4v) is 5.58. The Morgan fingerprint density at radius 2 is 1.82 bits per heavy atom. The Balaban J connectivity index is 1.71. The van der Waals surface area contributed by atoms with Gasteiger partial charge in [0.05, 0.1) is 11.5 Å². The molecular weight excluding hydrogens is 374 g/mol. The Labute approximate surface area is 167 Å². The molecule has 0 spiro atoms. The van der Waals surface area contributed by atoms with Crippen LogP contribution in [0.15, 0.2) is 30.3 Å². The first-order valence-corrected chi connectivity index (χ1v) is 11.5. The van der Waals surface area contributed by atoms with E-state index in [-0.39, 0.29) is 35.4 Å². The zero-order chi connectivity index (χ0) is 20.7. The lowest BCUT2D eigenvalue weighted by atomic mass is 9.87. The molecule has 28 heavy (non-hydrogen) atoms. The molecule has 0 saturated carbocycles. The largest absolute Gasteiger partial charge is 0.485 e. The van der Waals surface area contributed by atoms with E-state index < -0.39 is 9.84 Å². The maximum atomic E-state index is 12.7. The third-order valence-electron chi connectivity index (χ3n) is 5.45.